The van der Waals surface area contributed by atoms with Gasteiger partial charge in [0.1, 0.15) is 11.6 Å². The third-order valence-corrected chi connectivity index (χ3v) is 3.40. The number of halogens is 1. The van der Waals surface area contributed by atoms with E-state index in [2.05, 4.69) is 12.2 Å². The highest BCUT2D eigenvalue weighted by Crippen LogP contribution is 2.17. The normalized spacial score (nSPS) is 12.3. The summed E-state index contributed by atoms with van der Waals surface area (Å²) in [5, 5.41) is 12.7. The van der Waals surface area contributed by atoms with Gasteiger partial charge in [0.15, 0.2) is 0 Å². The molecule has 0 radical (unpaired) electrons. The molecule has 2 aromatic rings. The van der Waals surface area contributed by atoms with Crippen LogP contribution in [-0.2, 0) is 6.42 Å². The molecule has 0 saturated heterocycles. The molecule has 0 heterocycles. The molecule has 0 amide bonds. The van der Waals surface area contributed by atoms with Crippen LogP contribution in [0.5, 0.6) is 5.75 Å². The minimum atomic E-state index is -0.193. The summed E-state index contributed by atoms with van der Waals surface area (Å²) < 4.78 is 13.2. The fourth-order valence-electron chi connectivity index (χ4n) is 2.27. The van der Waals surface area contributed by atoms with Gasteiger partial charge in [0.2, 0.25) is 0 Å². The zero-order chi connectivity index (χ0) is 14.4. The number of hydrogen-bond acceptors (Lipinski definition) is 2. The number of phenolic OH excluding ortho intramolecular Hbond substituents is 1. The standard InChI is InChI=1S/C17H20FNO/c1-2-17(14-4-3-5-15(18)12-14)19-11-10-13-6-8-16(20)9-7-13/h3-9,12,17,19-20H,2,10-11H2,1H3. The van der Waals surface area contributed by atoms with Gasteiger partial charge >= 0.3 is 0 Å². The van der Waals surface area contributed by atoms with Crippen LogP contribution >= 0.6 is 0 Å². The lowest BCUT2D eigenvalue weighted by molar-refractivity contribution is 0.475. The summed E-state index contributed by atoms with van der Waals surface area (Å²) in [5.41, 5.74) is 2.16. The fraction of sp³-hybridized carbons (Fsp3) is 0.294. The number of hydrogen-bond donors (Lipinski definition) is 2. The van der Waals surface area contributed by atoms with Gasteiger partial charge in [-0.3, -0.25) is 0 Å². The van der Waals surface area contributed by atoms with E-state index < -0.39 is 0 Å². The summed E-state index contributed by atoms with van der Waals surface area (Å²) in [4.78, 5) is 0. The molecular weight excluding hydrogens is 253 g/mol. The van der Waals surface area contributed by atoms with Crippen LogP contribution in [0.1, 0.15) is 30.5 Å². The topological polar surface area (TPSA) is 32.3 Å². The van der Waals surface area contributed by atoms with Crippen LogP contribution in [0.15, 0.2) is 48.5 Å². The van der Waals surface area contributed by atoms with Crippen LogP contribution in [0, 0.1) is 5.82 Å². The summed E-state index contributed by atoms with van der Waals surface area (Å²) in [5.74, 6) is 0.0918. The first-order valence-electron chi connectivity index (χ1n) is 6.96. The Hall–Kier alpha value is -1.87. The average Bonchev–Trinajstić information content (AvgIpc) is 2.45. The number of benzene rings is 2. The van der Waals surface area contributed by atoms with E-state index in [0.29, 0.717) is 0 Å². The van der Waals surface area contributed by atoms with Crippen molar-refractivity contribution in [2.24, 2.45) is 0 Å². The highest BCUT2D eigenvalue weighted by Gasteiger charge is 2.08. The summed E-state index contributed by atoms with van der Waals surface area (Å²) in [6.45, 7) is 2.91. The maximum atomic E-state index is 13.2. The van der Waals surface area contributed by atoms with Crippen LogP contribution in [0.3, 0.4) is 0 Å². The molecule has 0 fully saturated rings. The number of rotatable bonds is 6. The van der Waals surface area contributed by atoms with Crippen molar-refractivity contribution < 1.29 is 9.50 Å². The van der Waals surface area contributed by atoms with E-state index in [1.807, 2.05) is 18.2 Å². The van der Waals surface area contributed by atoms with Gasteiger partial charge in [-0.1, -0.05) is 31.2 Å². The van der Waals surface area contributed by atoms with Gasteiger partial charge in [0, 0.05) is 6.04 Å². The third-order valence-electron chi connectivity index (χ3n) is 3.40. The Morgan fingerprint density at radius 3 is 2.55 bits per heavy atom. The molecule has 0 saturated carbocycles. The minimum Gasteiger partial charge on any atom is -0.508 e. The van der Waals surface area contributed by atoms with Crippen LogP contribution in [0.25, 0.3) is 0 Å². The molecule has 1 atom stereocenters. The highest BCUT2D eigenvalue weighted by atomic mass is 19.1. The molecule has 3 heteroatoms. The monoisotopic (exact) mass is 273 g/mol. The lowest BCUT2D eigenvalue weighted by Gasteiger charge is -2.17. The number of phenols is 1. The molecule has 106 valence electrons. The second-order valence-corrected chi connectivity index (χ2v) is 4.89. The lowest BCUT2D eigenvalue weighted by Crippen LogP contribution is -2.23. The number of aromatic hydroxyl groups is 1. The maximum absolute atomic E-state index is 13.2. The quantitative estimate of drug-likeness (QED) is 0.838. The molecule has 2 N–H and O–H groups in total. The van der Waals surface area contributed by atoms with E-state index in [-0.39, 0.29) is 17.6 Å². The van der Waals surface area contributed by atoms with Gasteiger partial charge in [-0.05, 0) is 54.8 Å². The summed E-state index contributed by atoms with van der Waals surface area (Å²) in [7, 11) is 0. The molecule has 2 nitrogen and oxygen atoms in total. The predicted octanol–water partition coefficient (Wildman–Crippen LogP) is 3.81. The minimum absolute atomic E-state index is 0.169. The molecule has 1 unspecified atom stereocenters. The maximum Gasteiger partial charge on any atom is 0.123 e. The Kier molecular flexibility index (Phi) is 5.13. The Morgan fingerprint density at radius 1 is 1.15 bits per heavy atom. The summed E-state index contributed by atoms with van der Waals surface area (Å²) >= 11 is 0. The van der Waals surface area contributed by atoms with Crippen molar-refractivity contribution in [3.8, 4) is 5.75 Å². The van der Waals surface area contributed by atoms with Gasteiger partial charge < -0.3 is 10.4 Å². The zero-order valence-electron chi connectivity index (χ0n) is 11.6. The first kappa shape index (κ1) is 14.5. The summed E-state index contributed by atoms with van der Waals surface area (Å²) in [6.07, 6.45) is 1.80. The first-order valence-corrected chi connectivity index (χ1v) is 6.96. The van der Waals surface area contributed by atoms with E-state index in [4.69, 9.17) is 0 Å². The first-order chi connectivity index (χ1) is 9.69. The van der Waals surface area contributed by atoms with E-state index in [1.165, 1.54) is 11.6 Å². The van der Waals surface area contributed by atoms with Crippen molar-refractivity contribution in [3.05, 3.63) is 65.5 Å². The fourth-order valence-corrected chi connectivity index (χ4v) is 2.27. The molecular formula is C17H20FNO. The smallest absolute Gasteiger partial charge is 0.123 e. The Bertz CT molecular complexity index is 539. The Morgan fingerprint density at radius 2 is 1.90 bits per heavy atom. The van der Waals surface area contributed by atoms with Gasteiger partial charge in [-0.2, -0.15) is 0 Å². The summed E-state index contributed by atoms with van der Waals surface area (Å²) in [6, 6.07) is 14.1. The highest BCUT2D eigenvalue weighted by molar-refractivity contribution is 5.26. The molecule has 0 aromatic heterocycles. The number of nitrogens with one attached hydrogen (secondary N) is 1. The molecule has 2 rings (SSSR count). The lowest BCUT2D eigenvalue weighted by atomic mass is 10.0. The van der Waals surface area contributed by atoms with Gasteiger partial charge in [-0.15, -0.1) is 0 Å². The largest absolute Gasteiger partial charge is 0.508 e. The molecule has 0 bridgehead atoms. The van der Waals surface area contributed by atoms with E-state index in [1.54, 1.807) is 24.3 Å². The van der Waals surface area contributed by atoms with Crippen molar-refractivity contribution in [2.75, 3.05) is 6.54 Å². The second kappa shape index (κ2) is 7.06. The van der Waals surface area contributed by atoms with Crippen LogP contribution in [0.4, 0.5) is 4.39 Å². The average molecular weight is 273 g/mol. The second-order valence-electron chi connectivity index (χ2n) is 4.89. The van der Waals surface area contributed by atoms with Crippen molar-refractivity contribution in [1.29, 1.82) is 0 Å². The molecule has 20 heavy (non-hydrogen) atoms. The molecule has 0 aliphatic heterocycles. The van der Waals surface area contributed by atoms with Crippen molar-refractivity contribution in [2.45, 2.75) is 25.8 Å². The molecule has 2 aromatic carbocycles. The third kappa shape index (κ3) is 4.07. The Balaban J connectivity index is 1.89. The van der Waals surface area contributed by atoms with E-state index >= 15 is 0 Å². The molecule has 0 aliphatic rings. The predicted molar refractivity (Wildman–Crippen MR) is 79.2 cm³/mol. The molecule has 0 aliphatic carbocycles. The van der Waals surface area contributed by atoms with Crippen molar-refractivity contribution in [1.82, 2.24) is 5.32 Å². The molecule has 0 spiro atoms. The van der Waals surface area contributed by atoms with Crippen LogP contribution in [-0.4, -0.2) is 11.7 Å². The van der Waals surface area contributed by atoms with Gasteiger partial charge in [-0.25, -0.2) is 4.39 Å². The van der Waals surface area contributed by atoms with Crippen LogP contribution < -0.4 is 5.32 Å². The SMILES string of the molecule is CCC(NCCc1ccc(O)cc1)c1cccc(F)c1. The Labute approximate surface area is 119 Å². The van der Waals surface area contributed by atoms with Gasteiger partial charge in [0.25, 0.3) is 0 Å². The zero-order valence-corrected chi connectivity index (χ0v) is 11.6. The van der Waals surface area contributed by atoms with Crippen molar-refractivity contribution >= 4 is 0 Å². The van der Waals surface area contributed by atoms with E-state index in [9.17, 15) is 9.50 Å². The van der Waals surface area contributed by atoms with Gasteiger partial charge in [0.05, 0.1) is 0 Å². The van der Waals surface area contributed by atoms with Crippen molar-refractivity contribution in [3.63, 3.8) is 0 Å². The van der Waals surface area contributed by atoms with Crippen LogP contribution in [0.2, 0.25) is 0 Å². The van der Waals surface area contributed by atoms with E-state index in [0.717, 1.165) is 24.9 Å².